The van der Waals surface area contributed by atoms with Gasteiger partial charge in [0.25, 0.3) is 0 Å². The molecule has 0 saturated carbocycles. The summed E-state index contributed by atoms with van der Waals surface area (Å²) in [7, 11) is 0. The van der Waals surface area contributed by atoms with Gasteiger partial charge in [-0.1, -0.05) is 29.8 Å². The van der Waals surface area contributed by atoms with E-state index in [1.165, 1.54) is 20.9 Å². The second-order valence-electron chi connectivity index (χ2n) is 4.97. The highest BCUT2D eigenvalue weighted by Gasteiger charge is 2.12. The van der Waals surface area contributed by atoms with Crippen molar-refractivity contribution in [1.82, 2.24) is 5.32 Å². The molecule has 1 aromatic carbocycles. The third kappa shape index (κ3) is 3.21. The van der Waals surface area contributed by atoms with Crippen molar-refractivity contribution < 1.29 is 0 Å². The summed E-state index contributed by atoms with van der Waals surface area (Å²) in [5, 5.41) is 3.66. The fourth-order valence-electron chi connectivity index (χ4n) is 2.09. The zero-order valence-electron chi connectivity index (χ0n) is 11.5. The van der Waals surface area contributed by atoms with Gasteiger partial charge in [0.1, 0.15) is 0 Å². The number of hydrogen-bond donors (Lipinski definition) is 1. The molecule has 1 heterocycles. The first kappa shape index (κ1) is 13.3. The fraction of sp³-hybridized carbons (Fsp3) is 0.375. The van der Waals surface area contributed by atoms with E-state index in [1.54, 1.807) is 0 Å². The van der Waals surface area contributed by atoms with Crippen LogP contribution < -0.4 is 5.32 Å². The van der Waals surface area contributed by atoms with Gasteiger partial charge < -0.3 is 5.32 Å². The first-order valence-electron chi connectivity index (χ1n) is 6.45. The lowest BCUT2D eigenvalue weighted by molar-refractivity contribution is 0.500. The van der Waals surface area contributed by atoms with Crippen LogP contribution in [0.2, 0.25) is 0 Å². The predicted molar refractivity (Wildman–Crippen MR) is 80.2 cm³/mol. The van der Waals surface area contributed by atoms with E-state index in [9.17, 15) is 0 Å². The van der Waals surface area contributed by atoms with Crippen LogP contribution in [0, 0.1) is 13.8 Å². The van der Waals surface area contributed by atoms with Crippen LogP contribution in [0.5, 0.6) is 0 Å². The average molecular weight is 259 g/mol. The maximum absolute atomic E-state index is 3.66. The average Bonchev–Trinajstić information content (AvgIpc) is 2.76. The molecule has 2 aromatic rings. The molecule has 2 atom stereocenters. The Kier molecular flexibility index (Phi) is 4.20. The Labute approximate surface area is 114 Å². The van der Waals surface area contributed by atoms with Crippen LogP contribution in [0.15, 0.2) is 36.4 Å². The molecule has 0 spiro atoms. The summed E-state index contributed by atoms with van der Waals surface area (Å²) in [6.45, 7) is 8.74. The standard InChI is InChI=1S/C16H21NS/c1-11-5-8-15(9-6-11)13(3)17-14(4)16-10-7-12(2)18-16/h5-10,13-14,17H,1-4H3. The molecule has 0 radical (unpaired) electrons. The molecule has 2 unspecified atom stereocenters. The lowest BCUT2D eigenvalue weighted by atomic mass is 10.1. The minimum atomic E-state index is 0.378. The summed E-state index contributed by atoms with van der Waals surface area (Å²) in [5.41, 5.74) is 2.66. The van der Waals surface area contributed by atoms with Crippen molar-refractivity contribution in [3.63, 3.8) is 0 Å². The van der Waals surface area contributed by atoms with E-state index in [2.05, 4.69) is 69.4 Å². The third-order valence-electron chi connectivity index (χ3n) is 3.27. The van der Waals surface area contributed by atoms with Crippen LogP contribution >= 0.6 is 11.3 Å². The van der Waals surface area contributed by atoms with Gasteiger partial charge >= 0.3 is 0 Å². The number of nitrogens with one attached hydrogen (secondary N) is 1. The topological polar surface area (TPSA) is 12.0 Å². The van der Waals surface area contributed by atoms with Crippen LogP contribution in [-0.4, -0.2) is 0 Å². The molecule has 1 N–H and O–H groups in total. The Morgan fingerprint density at radius 1 is 0.889 bits per heavy atom. The van der Waals surface area contributed by atoms with E-state index >= 15 is 0 Å². The molecule has 0 fully saturated rings. The van der Waals surface area contributed by atoms with E-state index in [0.717, 1.165) is 0 Å². The number of hydrogen-bond acceptors (Lipinski definition) is 2. The molecular formula is C16H21NS. The van der Waals surface area contributed by atoms with Crippen molar-refractivity contribution in [3.05, 3.63) is 57.3 Å². The third-order valence-corrected chi connectivity index (χ3v) is 4.45. The number of rotatable bonds is 4. The molecular weight excluding hydrogens is 238 g/mol. The zero-order chi connectivity index (χ0) is 13.1. The van der Waals surface area contributed by atoms with Gasteiger partial charge in [0, 0.05) is 21.8 Å². The quantitative estimate of drug-likeness (QED) is 0.833. The summed E-state index contributed by atoms with van der Waals surface area (Å²) >= 11 is 1.87. The SMILES string of the molecule is Cc1ccc(C(C)NC(C)c2ccc(C)s2)cc1. The number of benzene rings is 1. The maximum atomic E-state index is 3.66. The van der Waals surface area contributed by atoms with Gasteiger partial charge in [-0.3, -0.25) is 0 Å². The van der Waals surface area contributed by atoms with Gasteiger partial charge in [-0.05, 0) is 45.4 Å². The van der Waals surface area contributed by atoms with Crippen LogP contribution in [0.3, 0.4) is 0 Å². The van der Waals surface area contributed by atoms with E-state index in [1.807, 2.05) is 11.3 Å². The second-order valence-corrected chi connectivity index (χ2v) is 6.29. The van der Waals surface area contributed by atoms with E-state index in [-0.39, 0.29) is 0 Å². The highest BCUT2D eigenvalue weighted by molar-refractivity contribution is 7.12. The fourth-order valence-corrected chi connectivity index (χ4v) is 2.98. The smallest absolute Gasteiger partial charge is 0.0391 e. The van der Waals surface area contributed by atoms with Crippen molar-refractivity contribution in [2.45, 2.75) is 39.8 Å². The molecule has 0 aliphatic rings. The van der Waals surface area contributed by atoms with Crippen LogP contribution in [-0.2, 0) is 0 Å². The molecule has 0 bridgehead atoms. The monoisotopic (exact) mass is 259 g/mol. The molecule has 0 aliphatic heterocycles. The van der Waals surface area contributed by atoms with Gasteiger partial charge in [-0.2, -0.15) is 0 Å². The molecule has 1 nitrogen and oxygen atoms in total. The molecule has 0 aliphatic carbocycles. The number of thiophene rings is 1. The van der Waals surface area contributed by atoms with E-state index in [0.29, 0.717) is 12.1 Å². The lowest BCUT2D eigenvalue weighted by Crippen LogP contribution is -2.21. The summed E-state index contributed by atoms with van der Waals surface area (Å²) in [4.78, 5) is 2.79. The van der Waals surface area contributed by atoms with Crippen LogP contribution in [0.25, 0.3) is 0 Å². The largest absolute Gasteiger partial charge is 0.303 e. The Morgan fingerprint density at radius 3 is 2.11 bits per heavy atom. The maximum Gasteiger partial charge on any atom is 0.0391 e. The second kappa shape index (κ2) is 5.68. The molecule has 18 heavy (non-hydrogen) atoms. The molecule has 96 valence electrons. The number of aryl methyl sites for hydroxylation is 2. The Bertz CT molecular complexity index is 498. The summed E-state index contributed by atoms with van der Waals surface area (Å²) in [5.74, 6) is 0. The molecule has 0 amide bonds. The molecule has 1 aromatic heterocycles. The molecule has 0 saturated heterocycles. The minimum absolute atomic E-state index is 0.378. The van der Waals surface area contributed by atoms with Crippen LogP contribution in [0.4, 0.5) is 0 Å². The normalized spacial score (nSPS) is 14.4. The van der Waals surface area contributed by atoms with Crippen molar-refractivity contribution >= 4 is 11.3 Å². The highest BCUT2D eigenvalue weighted by Crippen LogP contribution is 2.25. The van der Waals surface area contributed by atoms with Crippen LogP contribution in [0.1, 0.15) is 46.8 Å². The Hall–Kier alpha value is -1.12. The van der Waals surface area contributed by atoms with Crippen molar-refractivity contribution in [2.75, 3.05) is 0 Å². The predicted octanol–water partition coefficient (Wildman–Crippen LogP) is 4.78. The molecule has 2 rings (SSSR count). The zero-order valence-corrected chi connectivity index (χ0v) is 12.3. The molecule has 2 heteroatoms. The van der Waals surface area contributed by atoms with Gasteiger partial charge in [0.2, 0.25) is 0 Å². The van der Waals surface area contributed by atoms with Crippen molar-refractivity contribution in [1.29, 1.82) is 0 Å². The Morgan fingerprint density at radius 2 is 1.56 bits per heavy atom. The van der Waals surface area contributed by atoms with Gasteiger partial charge in [-0.25, -0.2) is 0 Å². The van der Waals surface area contributed by atoms with Gasteiger partial charge in [0.15, 0.2) is 0 Å². The summed E-state index contributed by atoms with van der Waals surface area (Å²) in [6.07, 6.45) is 0. The Balaban J connectivity index is 2.02. The minimum Gasteiger partial charge on any atom is -0.303 e. The summed E-state index contributed by atoms with van der Waals surface area (Å²) < 4.78 is 0. The van der Waals surface area contributed by atoms with E-state index < -0.39 is 0 Å². The van der Waals surface area contributed by atoms with Crippen molar-refractivity contribution in [3.8, 4) is 0 Å². The lowest BCUT2D eigenvalue weighted by Gasteiger charge is -2.19. The van der Waals surface area contributed by atoms with Gasteiger partial charge in [0.05, 0.1) is 0 Å². The van der Waals surface area contributed by atoms with Crippen molar-refractivity contribution in [2.24, 2.45) is 0 Å². The van der Waals surface area contributed by atoms with E-state index in [4.69, 9.17) is 0 Å². The highest BCUT2D eigenvalue weighted by atomic mass is 32.1. The first-order valence-corrected chi connectivity index (χ1v) is 7.27. The first-order chi connectivity index (χ1) is 8.56. The van der Waals surface area contributed by atoms with Gasteiger partial charge in [-0.15, -0.1) is 11.3 Å². The summed E-state index contributed by atoms with van der Waals surface area (Å²) in [6, 6.07) is 14.0.